The summed E-state index contributed by atoms with van der Waals surface area (Å²) in [6, 6.07) is 11.1. The van der Waals surface area contributed by atoms with E-state index >= 15 is 0 Å². The summed E-state index contributed by atoms with van der Waals surface area (Å²) in [4.78, 5) is 21.8. The Bertz CT molecular complexity index is 661. The molecular weight excluding hydrogens is 261 g/mol. The van der Waals surface area contributed by atoms with Crippen molar-refractivity contribution < 1.29 is 14.1 Å². The minimum atomic E-state index is -0.525. The Morgan fingerprint density at radius 2 is 1.65 bits per heavy atom. The van der Waals surface area contributed by atoms with Crippen LogP contribution in [0, 0.1) is 15.9 Å². The first-order valence-corrected chi connectivity index (χ1v) is 5.79. The molecule has 0 saturated heterocycles. The second-order valence-corrected chi connectivity index (χ2v) is 4.05. The van der Waals surface area contributed by atoms with Crippen LogP contribution in [0.5, 0.6) is 0 Å². The van der Waals surface area contributed by atoms with Gasteiger partial charge in [-0.25, -0.2) is 4.39 Å². The third-order valence-electron chi connectivity index (χ3n) is 2.66. The number of non-ortho nitro benzene ring substituents is 1. The summed E-state index contributed by atoms with van der Waals surface area (Å²) in [6.45, 7) is 0. The van der Waals surface area contributed by atoms with Gasteiger partial charge in [-0.1, -0.05) is 18.2 Å². The summed E-state index contributed by atoms with van der Waals surface area (Å²) in [6.07, 6.45) is 2.90. The molecule has 2 aromatic carbocycles. The zero-order valence-corrected chi connectivity index (χ0v) is 10.3. The van der Waals surface area contributed by atoms with Crippen molar-refractivity contribution in [1.29, 1.82) is 0 Å². The molecule has 0 aliphatic rings. The summed E-state index contributed by atoms with van der Waals surface area (Å²) < 4.78 is 12.7. The molecule has 0 fully saturated rings. The lowest BCUT2D eigenvalue weighted by Gasteiger charge is -1.96. The Morgan fingerprint density at radius 1 is 1.05 bits per heavy atom. The molecule has 0 aliphatic carbocycles. The van der Waals surface area contributed by atoms with Crippen molar-refractivity contribution in [2.75, 3.05) is 0 Å². The SMILES string of the molecule is O=C(/C=C\c1ccc(F)cc1)c1ccc([N+](=O)[O-])cc1. The van der Waals surface area contributed by atoms with E-state index < -0.39 is 4.92 Å². The Labute approximate surface area is 114 Å². The second kappa shape index (κ2) is 5.88. The number of hydrogen-bond donors (Lipinski definition) is 0. The molecule has 0 bridgehead atoms. The fourth-order valence-corrected chi connectivity index (χ4v) is 1.59. The van der Waals surface area contributed by atoms with E-state index in [1.54, 1.807) is 18.2 Å². The molecule has 2 aromatic rings. The maximum Gasteiger partial charge on any atom is 0.269 e. The van der Waals surface area contributed by atoms with Crippen LogP contribution >= 0.6 is 0 Å². The predicted octanol–water partition coefficient (Wildman–Crippen LogP) is 3.63. The molecule has 0 amide bonds. The quantitative estimate of drug-likeness (QED) is 0.369. The van der Waals surface area contributed by atoms with E-state index in [0.717, 1.165) is 0 Å². The van der Waals surface area contributed by atoms with Gasteiger partial charge in [-0.15, -0.1) is 0 Å². The molecule has 2 rings (SSSR count). The second-order valence-electron chi connectivity index (χ2n) is 4.05. The number of hydrogen-bond acceptors (Lipinski definition) is 3. The van der Waals surface area contributed by atoms with Crippen LogP contribution in [-0.4, -0.2) is 10.7 Å². The lowest BCUT2D eigenvalue weighted by molar-refractivity contribution is -0.384. The van der Waals surface area contributed by atoms with Gasteiger partial charge in [-0.2, -0.15) is 0 Å². The van der Waals surface area contributed by atoms with Gasteiger partial charge in [0.05, 0.1) is 4.92 Å². The molecule has 0 aliphatic heterocycles. The van der Waals surface area contributed by atoms with Crippen LogP contribution in [0.4, 0.5) is 10.1 Å². The molecule has 100 valence electrons. The lowest BCUT2D eigenvalue weighted by Crippen LogP contribution is -1.95. The highest BCUT2D eigenvalue weighted by Gasteiger charge is 2.07. The number of halogens is 1. The van der Waals surface area contributed by atoms with Crippen molar-refractivity contribution in [2.24, 2.45) is 0 Å². The number of carbonyl (C=O) groups is 1. The summed E-state index contributed by atoms with van der Waals surface area (Å²) in [5.41, 5.74) is 0.986. The lowest BCUT2D eigenvalue weighted by atomic mass is 10.1. The highest BCUT2D eigenvalue weighted by molar-refractivity contribution is 6.06. The summed E-state index contributed by atoms with van der Waals surface area (Å²) in [5, 5.41) is 10.5. The number of ketones is 1. The molecule has 0 N–H and O–H groups in total. The topological polar surface area (TPSA) is 60.2 Å². The van der Waals surface area contributed by atoms with Crippen molar-refractivity contribution in [3.8, 4) is 0 Å². The van der Waals surface area contributed by atoms with Crippen LogP contribution in [0.3, 0.4) is 0 Å². The maximum atomic E-state index is 12.7. The van der Waals surface area contributed by atoms with E-state index in [2.05, 4.69) is 0 Å². The van der Waals surface area contributed by atoms with E-state index in [-0.39, 0.29) is 17.3 Å². The minimum Gasteiger partial charge on any atom is -0.289 e. The van der Waals surface area contributed by atoms with E-state index in [1.807, 2.05) is 0 Å². The first-order valence-electron chi connectivity index (χ1n) is 5.79. The number of rotatable bonds is 4. The molecule has 5 heteroatoms. The molecule has 0 saturated carbocycles. The highest BCUT2D eigenvalue weighted by atomic mass is 19.1. The average Bonchev–Trinajstić information content (AvgIpc) is 2.46. The summed E-state index contributed by atoms with van der Waals surface area (Å²) in [5.74, 6) is -0.618. The molecule has 4 nitrogen and oxygen atoms in total. The van der Waals surface area contributed by atoms with Gasteiger partial charge in [0.15, 0.2) is 5.78 Å². The fourth-order valence-electron chi connectivity index (χ4n) is 1.59. The predicted molar refractivity (Wildman–Crippen MR) is 72.9 cm³/mol. The minimum absolute atomic E-state index is 0.0657. The van der Waals surface area contributed by atoms with Gasteiger partial charge < -0.3 is 0 Å². The van der Waals surface area contributed by atoms with Crippen molar-refractivity contribution >= 4 is 17.5 Å². The third kappa shape index (κ3) is 3.35. The smallest absolute Gasteiger partial charge is 0.269 e. The molecule has 0 spiro atoms. The zero-order chi connectivity index (χ0) is 14.5. The van der Waals surface area contributed by atoms with E-state index in [9.17, 15) is 19.3 Å². The summed E-state index contributed by atoms with van der Waals surface area (Å²) in [7, 11) is 0. The standard InChI is InChI=1S/C15H10FNO3/c16-13-6-1-11(2-7-13)3-10-15(18)12-4-8-14(9-5-12)17(19)20/h1-10H/b10-3-. The van der Waals surface area contributed by atoms with Gasteiger partial charge >= 0.3 is 0 Å². The number of nitro groups is 1. The maximum absolute atomic E-state index is 12.7. The van der Waals surface area contributed by atoms with Crippen LogP contribution in [0.25, 0.3) is 6.08 Å². The Morgan fingerprint density at radius 3 is 2.20 bits per heavy atom. The average molecular weight is 271 g/mol. The van der Waals surface area contributed by atoms with Gasteiger partial charge in [0.1, 0.15) is 5.82 Å². The van der Waals surface area contributed by atoms with Gasteiger partial charge in [-0.3, -0.25) is 14.9 Å². The Hall–Kier alpha value is -2.82. The molecule has 0 unspecified atom stereocenters. The summed E-state index contributed by atoms with van der Waals surface area (Å²) >= 11 is 0. The third-order valence-corrected chi connectivity index (χ3v) is 2.66. The molecule has 0 radical (unpaired) electrons. The van der Waals surface area contributed by atoms with Crippen molar-refractivity contribution in [3.63, 3.8) is 0 Å². The Kier molecular flexibility index (Phi) is 4.00. The van der Waals surface area contributed by atoms with E-state index in [1.165, 1.54) is 42.5 Å². The highest BCUT2D eigenvalue weighted by Crippen LogP contribution is 2.13. The number of allylic oxidation sites excluding steroid dienone is 1. The van der Waals surface area contributed by atoms with Gasteiger partial charge in [0, 0.05) is 17.7 Å². The van der Waals surface area contributed by atoms with Crippen LogP contribution in [0.2, 0.25) is 0 Å². The van der Waals surface area contributed by atoms with Gasteiger partial charge in [0.2, 0.25) is 0 Å². The number of carbonyl (C=O) groups excluding carboxylic acids is 1. The molecule has 0 atom stereocenters. The van der Waals surface area contributed by atoms with Crippen LogP contribution in [0.1, 0.15) is 15.9 Å². The van der Waals surface area contributed by atoms with Crippen molar-refractivity contribution in [1.82, 2.24) is 0 Å². The normalized spacial score (nSPS) is 10.7. The van der Waals surface area contributed by atoms with Gasteiger partial charge in [0.25, 0.3) is 5.69 Å². The number of nitrogens with zero attached hydrogens (tertiary/aromatic N) is 1. The number of nitro benzene ring substituents is 1. The molecular formula is C15H10FNO3. The fraction of sp³-hybridized carbons (Fsp3) is 0. The largest absolute Gasteiger partial charge is 0.289 e. The Balaban J connectivity index is 2.11. The zero-order valence-electron chi connectivity index (χ0n) is 10.3. The first kappa shape index (κ1) is 13.6. The van der Waals surface area contributed by atoms with Crippen LogP contribution in [0.15, 0.2) is 54.6 Å². The molecule has 0 heterocycles. The van der Waals surface area contributed by atoms with E-state index in [4.69, 9.17) is 0 Å². The van der Waals surface area contributed by atoms with Crippen LogP contribution < -0.4 is 0 Å². The first-order chi connectivity index (χ1) is 9.56. The molecule has 20 heavy (non-hydrogen) atoms. The van der Waals surface area contributed by atoms with Crippen molar-refractivity contribution in [3.05, 3.63) is 81.7 Å². The monoisotopic (exact) mass is 271 g/mol. The van der Waals surface area contributed by atoms with Crippen LogP contribution in [-0.2, 0) is 0 Å². The molecule has 0 aromatic heterocycles. The van der Waals surface area contributed by atoms with E-state index in [0.29, 0.717) is 11.1 Å². The van der Waals surface area contributed by atoms with Crippen molar-refractivity contribution in [2.45, 2.75) is 0 Å². The van der Waals surface area contributed by atoms with Gasteiger partial charge in [-0.05, 0) is 35.9 Å². The number of benzene rings is 2.